The molecule has 0 heterocycles. The molecule has 0 saturated carbocycles. The van der Waals surface area contributed by atoms with Crippen molar-refractivity contribution in [2.75, 3.05) is 14.2 Å². The molecule has 1 aromatic rings. The highest BCUT2D eigenvalue weighted by molar-refractivity contribution is 9.10. The molecule has 0 saturated heterocycles. The van der Waals surface area contributed by atoms with Crippen LogP contribution in [-0.2, 0) is 11.2 Å². The maximum Gasteiger partial charge on any atom is 0.133 e. The summed E-state index contributed by atoms with van der Waals surface area (Å²) < 4.78 is 11.7. The van der Waals surface area contributed by atoms with Gasteiger partial charge in [-0.1, -0.05) is 13.0 Å². The molecule has 0 bridgehead atoms. The Morgan fingerprint density at radius 2 is 2.06 bits per heavy atom. The van der Waals surface area contributed by atoms with Crippen molar-refractivity contribution < 1.29 is 9.47 Å². The van der Waals surface area contributed by atoms with Crippen molar-refractivity contribution in [1.82, 2.24) is 0 Å². The van der Waals surface area contributed by atoms with Crippen LogP contribution in [0.1, 0.15) is 25.8 Å². The first-order chi connectivity index (χ1) is 8.46. The van der Waals surface area contributed by atoms with Crippen molar-refractivity contribution in [2.24, 2.45) is 5.73 Å². The minimum absolute atomic E-state index is 0.0344. The van der Waals surface area contributed by atoms with Gasteiger partial charge in [-0.3, -0.25) is 0 Å². The predicted octanol–water partition coefficient (Wildman–Crippen LogP) is 3.14. The van der Waals surface area contributed by atoms with Crippen molar-refractivity contribution in [2.45, 2.75) is 38.3 Å². The molecule has 18 heavy (non-hydrogen) atoms. The molecule has 0 aliphatic rings. The van der Waals surface area contributed by atoms with Crippen LogP contribution >= 0.6 is 15.9 Å². The SMILES string of the molecule is CCC(C)(OC)C(N)Cc1ccc(OC)c(Br)c1. The average molecular weight is 316 g/mol. The van der Waals surface area contributed by atoms with E-state index < -0.39 is 0 Å². The zero-order valence-electron chi connectivity index (χ0n) is 11.5. The first kappa shape index (κ1) is 15.5. The van der Waals surface area contributed by atoms with Gasteiger partial charge in [0.05, 0.1) is 17.2 Å². The second-order valence-corrected chi connectivity index (χ2v) is 5.50. The number of rotatable bonds is 6. The first-order valence-electron chi connectivity index (χ1n) is 6.10. The van der Waals surface area contributed by atoms with Gasteiger partial charge in [0.1, 0.15) is 5.75 Å². The van der Waals surface area contributed by atoms with Crippen molar-refractivity contribution in [1.29, 1.82) is 0 Å². The lowest BCUT2D eigenvalue weighted by Crippen LogP contribution is -2.48. The summed E-state index contributed by atoms with van der Waals surface area (Å²) in [5.74, 6) is 0.831. The van der Waals surface area contributed by atoms with E-state index in [9.17, 15) is 0 Å². The van der Waals surface area contributed by atoms with Crippen LogP contribution in [0.5, 0.6) is 5.75 Å². The second-order valence-electron chi connectivity index (χ2n) is 4.65. The minimum atomic E-state index is -0.285. The molecule has 0 aliphatic carbocycles. The number of nitrogens with two attached hydrogens (primary N) is 1. The molecule has 0 amide bonds. The van der Waals surface area contributed by atoms with E-state index in [0.717, 1.165) is 23.1 Å². The van der Waals surface area contributed by atoms with Gasteiger partial charge in [0.2, 0.25) is 0 Å². The first-order valence-corrected chi connectivity index (χ1v) is 6.89. The number of halogens is 1. The highest BCUT2D eigenvalue weighted by Crippen LogP contribution is 2.27. The standard InChI is InChI=1S/C14H22BrNO2/c1-5-14(2,18-4)13(16)9-10-6-7-12(17-3)11(15)8-10/h6-8,13H,5,9,16H2,1-4H3. The molecular weight excluding hydrogens is 294 g/mol. The normalized spacial score (nSPS) is 16.1. The van der Waals surface area contributed by atoms with E-state index >= 15 is 0 Å². The number of hydrogen-bond donors (Lipinski definition) is 1. The number of hydrogen-bond acceptors (Lipinski definition) is 3. The Morgan fingerprint density at radius 3 is 2.50 bits per heavy atom. The summed E-state index contributed by atoms with van der Waals surface area (Å²) in [5, 5.41) is 0. The summed E-state index contributed by atoms with van der Waals surface area (Å²) >= 11 is 3.48. The minimum Gasteiger partial charge on any atom is -0.496 e. The smallest absolute Gasteiger partial charge is 0.133 e. The van der Waals surface area contributed by atoms with E-state index in [-0.39, 0.29) is 11.6 Å². The molecule has 2 unspecified atom stereocenters. The van der Waals surface area contributed by atoms with Crippen molar-refractivity contribution in [3.63, 3.8) is 0 Å². The molecule has 0 aliphatic heterocycles. The third kappa shape index (κ3) is 3.46. The molecule has 3 nitrogen and oxygen atoms in total. The average Bonchev–Trinajstić information content (AvgIpc) is 2.38. The molecule has 102 valence electrons. The molecular formula is C14H22BrNO2. The molecule has 4 heteroatoms. The van der Waals surface area contributed by atoms with Gasteiger partial charge in [-0.15, -0.1) is 0 Å². The van der Waals surface area contributed by atoms with Gasteiger partial charge in [-0.05, 0) is 53.4 Å². The van der Waals surface area contributed by atoms with Crippen LogP contribution in [0.2, 0.25) is 0 Å². The van der Waals surface area contributed by atoms with Crippen LogP contribution < -0.4 is 10.5 Å². The molecule has 0 aromatic heterocycles. The van der Waals surface area contributed by atoms with Gasteiger partial charge >= 0.3 is 0 Å². The fourth-order valence-corrected chi connectivity index (χ4v) is 2.45. The molecule has 0 radical (unpaired) electrons. The molecule has 0 fully saturated rings. The summed E-state index contributed by atoms with van der Waals surface area (Å²) in [6, 6.07) is 6.00. The van der Waals surface area contributed by atoms with E-state index in [0.29, 0.717) is 0 Å². The summed E-state index contributed by atoms with van der Waals surface area (Å²) in [6.07, 6.45) is 1.67. The topological polar surface area (TPSA) is 44.5 Å². The van der Waals surface area contributed by atoms with Crippen molar-refractivity contribution >= 4 is 15.9 Å². The Bertz CT molecular complexity index is 391. The fraction of sp³-hybridized carbons (Fsp3) is 0.571. The lowest BCUT2D eigenvalue weighted by molar-refractivity contribution is -0.0184. The van der Waals surface area contributed by atoms with Crippen LogP contribution in [0, 0.1) is 0 Å². The lowest BCUT2D eigenvalue weighted by Gasteiger charge is -2.33. The maximum atomic E-state index is 6.25. The van der Waals surface area contributed by atoms with Crippen molar-refractivity contribution in [3.8, 4) is 5.75 Å². The summed E-state index contributed by atoms with van der Waals surface area (Å²) in [6.45, 7) is 4.14. The van der Waals surface area contributed by atoms with Crippen LogP contribution in [0.25, 0.3) is 0 Å². The highest BCUT2D eigenvalue weighted by Gasteiger charge is 2.29. The maximum absolute atomic E-state index is 6.25. The molecule has 1 aromatic carbocycles. The van der Waals surface area contributed by atoms with E-state index in [1.54, 1.807) is 14.2 Å². The van der Waals surface area contributed by atoms with Gasteiger partial charge in [-0.2, -0.15) is 0 Å². The molecule has 1 rings (SSSR count). The monoisotopic (exact) mass is 315 g/mol. The summed E-state index contributed by atoms with van der Waals surface area (Å²) in [5.41, 5.74) is 7.14. The second kappa shape index (κ2) is 6.55. The highest BCUT2D eigenvalue weighted by atomic mass is 79.9. The van der Waals surface area contributed by atoms with E-state index in [4.69, 9.17) is 15.2 Å². The van der Waals surface area contributed by atoms with Crippen LogP contribution in [0.3, 0.4) is 0 Å². The summed E-state index contributed by atoms with van der Waals surface area (Å²) in [4.78, 5) is 0. The summed E-state index contributed by atoms with van der Waals surface area (Å²) in [7, 11) is 3.37. The Labute approximate surface area is 118 Å². The number of ether oxygens (including phenoxy) is 2. The fourth-order valence-electron chi connectivity index (χ4n) is 1.86. The number of methoxy groups -OCH3 is 2. The zero-order valence-corrected chi connectivity index (χ0v) is 13.1. The van der Waals surface area contributed by atoms with Crippen LogP contribution in [0.4, 0.5) is 0 Å². The molecule has 2 N–H and O–H groups in total. The van der Waals surface area contributed by atoms with Gasteiger partial charge in [-0.25, -0.2) is 0 Å². The Hall–Kier alpha value is -0.580. The van der Waals surface area contributed by atoms with Crippen LogP contribution in [0.15, 0.2) is 22.7 Å². The van der Waals surface area contributed by atoms with E-state index in [2.05, 4.69) is 29.8 Å². The Balaban J connectivity index is 2.82. The Kier molecular flexibility index (Phi) is 5.63. The quantitative estimate of drug-likeness (QED) is 0.877. The third-order valence-electron chi connectivity index (χ3n) is 3.62. The largest absolute Gasteiger partial charge is 0.496 e. The van der Waals surface area contributed by atoms with Gasteiger partial charge in [0.25, 0.3) is 0 Å². The van der Waals surface area contributed by atoms with Gasteiger partial charge in [0, 0.05) is 13.2 Å². The van der Waals surface area contributed by atoms with Crippen molar-refractivity contribution in [3.05, 3.63) is 28.2 Å². The van der Waals surface area contributed by atoms with Gasteiger partial charge in [0.15, 0.2) is 0 Å². The lowest BCUT2D eigenvalue weighted by atomic mass is 9.89. The van der Waals surface area contributed by atoms with Gasteiger partial charge < -0.3 is 15.2 Å². The zero-order chi connectivity index (χ0) is 13.8. The number of benzene rings is 1. The van der Waals surface area contributed by atoms with E-state index in [1.807, 2.05) is 18.2 Å². The predicted molar refractivity (Wildman–Crippen MR) is 78.1 cm³/mol. The molecule has 2 atom stereocenters. The van der Waals surface area contributed by atoms with E-state index in [1.165, 1.54) is 5.56 Å². The van der Waals surface area contributed by atoms with Crippen LogP contribution in [-0.4, -0.2) is 25.9 Å². The third-order valence-corrected chi connectivity index (χ3v) is 4.24. The Morgan fingerprint density at radius 1 is 1.39 bits per heavy atom. The molecule has 0 spiro atoms.